The lowest BCUT2D eigenvalue weighted by Gasteiger charge is -2.29. The standard InChI is InChI=1S/C36H47F3O/c1-3-5-7-9-28-12-18-32(19-13-28)33-22-23-34(35(37)24-33)26-40-36(38,39)25-29-14-20-31(21-15-29)30-16-10-27(11-17-30)8-6-4-2/h3-5,14-15,20-24,27-28,30,32H,2,6-13,16-19,25-26H2,1H3/b5-3+. The van der Waals surface area contributed by atoms with E-state index < -0.39 is 25.0 Å². The second-order valence-corrected chi connectivity index (χ2v) is 12.1. The summed E-state index contributed by atoms with van der Waals surface area (Å²) in [5.74, 6) is 1.93. The van der Waals surface area contributed by atoms with Crippen LogP contribution in [0.3, 0.4) is 0 Å². The van der Waals surface area contributed by atoms with Gasteiger partial charge in [0.15, 0.2) is 0 Å². The fourth-order valence-corrected chi connectivity index (χ4v) is 6.74. The lowest BCUT2D eigenvalue weighted by molar-refractivity contribution is -0.244. The maximum atomic E-state index is 14.9. The Morgan fingerprint density at radius 1 is 0.825 bits per heavy atom. The molecule has 0 spiro atoms. The van der Waals surface area contributed by atoms with Crippen LogP contribution in [-0.4, -0.2) is 6.11 Å². The monoisotopic (exact) mass is 552 g/mol. The van der Waals surface area contributed by atoms with Crippen LogP contribution >= 0.6 is 0 Å². The third-order valence-electron chi connectivity index (χ3n) is 9.30. The predicted molar refractivity (Wildman–Crippen MR) is 159 cm³/mol. The van der Waals surface area contributed by atoms with Crippen molar-refractivity contribution >= 4 is 0 Å². The molecule has 0 saturated heterocycles. The summed E-state index contributed by atoms with van der Waals surface area (Å²) < 4.78 is 49.2. The number of benzene rings is 2. The van der Waals surface area contributed by atoms with Crippen LogP contribution in [-0.2, 0) is 17.8 Å². The molecule has 0 amide bonds. The molecule has 0 bridgehead atoms. The summed E-state index contributed by atoms with van der Waals surface area (Å²) in [6.07, 6.45) is 16.3. The quantitative estimate of drug-likeness (QED) is 0.225. The number of halogens is 3. The average molecular weight is 553 g/mol. The number of rotatable bonds is 13. The summed E-state index contributed by atoms with van der Waals surface area (Å²) in [5, 5.41) is 0. The highest BCUT2D eigenvalue weighted by atomic mass is 19.3. The van der Waals surface area contributed by atoms with Crippen LogP contribution in [0.4, 0.5) is 13.2 Å². The maximum absolute atomic E-state index is 14.9. The molecule has 2 aromatic rings. The Balaban J connectivity index is 1.23. The van der Waals surface area contributed by atoms with Gasteiger partial charge in [-0.1, -0.05) is 54.6 Å². The largest absolute Gasteiger partial charge is 0.360 e. The van der Waals surface area contributed by atoms with Crippen molar-refractivity contribution in [3.05, 3.63) is 95.3 Å². The lowest BCUT2D eigenvalue weighted by atomic mass is 9.77. The minimum atomic E-state index is -3.36. The van der Waals surface area contributed by atoms with Gasteiger partial charge in [-0.25, -0.2) is 4.39 Å². The first-order valence-corrected chi connectivity index (χ1v) is 15.5. The van der Waals surface area contributed by atoms with Crippen LogP contribution in [0.15, 0.2) is 67.3 Å². The SMILES string of the molecule is C=CCCC1CCC(c2ccc(CC(F)(F)OCc3ccc(C4CCC(CC/C=C/C)CC4)cc3F)cc2)CC1. The Bertz CT molecular complexity index is 1070. The highest BCUT2D eigenvalue weighted by molar-refractivity contribution is 5.28. The van der Waals surface area contributed by atoms with E-state index in [1.807, 2.05) is 24.3 Å². The van der Waals surface area contributed by atoms with Crippen LogP contribution in [0.2, 0.25) is 0 Å². The van der Waals surface area contributed by atoms with Crippen LogP contribution < -0.4 is 0 Å². The molecule has 2 aromatic carbocycles. The Hall–Kier alpha value is -2.33. The number of allylic oxidation sites excluding steroid dienone is 3. The normalized spacial score (nSPS) is 23.9. The molecular weight excluding hydrogens is 505 g/mol. The molecule has 0 unspecified atom stereocenters. The number of hydrogen-bond acceptors (Lipinski definition) is 1. The zero-order valence-electron chi connectivity index (χ0n) is 24.2. The van der Waals surface area contributed by atoms with Gasteiger partial charge in [0.1, 0.15) is 5.82 Å². The molecule has 0 N–H and O–H groups in total. The van der Waals surface area contributed by atoms with Crippen molar-refractivity contribution < 1.29 is 17.9 Å². The van der Waals surface area contributed by atoms with Gasteiger partial charge in [0.25, 0.3) is 0 Å². The summed E-state index contributed by atoms with van der Waals surface area (Å²) >= 11 is 0. The Labute approximate surface area is 239 Å². The van der Waals surface area contributed by atoms with Gasteiger partial charge in [-0.05, 0) is 130 Å². The van der Waals surface area contributed by atoms with Crippen LogP contribution in [0.1, 0.15) is 118 Å². The van der Waals surface area contributed by atoms with E-state index in [4.69, 9.17) is 4.74 Å². The lowest BCUT2D eigenvalue weighted by Crippen LogP contribution is -2.24. The van der Waals surface area contributed by atoms with Crippen molar-refractivity contribution in [3.63, 3.8) is 0 Å². The molecule has 4 rings (SSSR count). The van der Waals surface area contributed by atoms with E-state index in [2.05, 4.69) is 25.7 Å². The van der Waals surface area contributed by atoms with Gasteiger partial charge in [-0.15, -0.1) is 6.58 Å². The van der Waals surface area contributed by atoms with Gasteiger partial charge >= 0.3 is 6.11 Å². The number of hydrogen-bond donors (Lipinski definition) is 0. The third kappa shape index (κ3) is 9.09. The molecule has 2 aliphatic carbocycles. The minimum absolute atomic E-state index is 0.183. The van der Waals surface area contributed by atoms with Crippen molar-refractivity contribution in [1.29, 1.82) is 0 Å². The Morgan fingerprint density at radius 3 is 1.98 bits per heavy atom. The first-order chi connectivity index (χ1) is 19.4. The number of ether oxygens (including phenoxy) is 1. The highest BCUT2D eigenvalue weighted by Gasteiger charge is 2.31. The van der Waals surface area contributed by atoms with Crippen molar-refractivity contribution in [2.75, 3.05) is 0 Å². The minimum Gasteiger partial charge on any atom is -0.315 e. The van der Waals surface area contributed by atoms with Gasteiger partial charge in [-0.2, -0.15) is 8.78 Å². The molecule has 2 fully saturated rings. The molecule has 40 heavy (non-hydrogen) atoms. The molecule has 2 saturated carbocycles. The average Bonchev–Trinajstić information content (AvgIpc) is 2.96. The van der Waals surface area contributed by atoms with Gasteiger partial charge < -0.3 is 4.74 Å². The van der Waals surface area contributed by atoms with E-state index in [1.54, 1.807) is 18.2 Å². The third-order valence-corrected chi connectivity index (χ3v) is 9.30. The summed E-state index contributed by atoms with van der Waals surface area (Å²) in [6, 6.07) is 12.6. The molecule has 0 atom stereocenters. The van der Waals surface area contributed by atoms with E-state index in [-0.39, 0.29) is 5.56 Å². The summed E-state index contributed by atoms with van der Waals surface area (Å²) in [4.78, 5) is 0. The van der Waals surface area contributed by atoms with Gasteiger partial charge in [-0.3, -0.25) is 0 Å². The van der Waals surface area contributed by atoms with E-state index in [9.17, 15) is 13.2 Å². The molecule has 218 valence electrons. The van der Waals surface area contributed by atoms with Crippen molar-refractivity contribution in [1.82, 2.24) is 0 Å². The predicted octanol–water partition coefficient (Wildman–Crippen LogP) is 11.0. The first kappa shape index (κ1) is 30.6. The summed E-state index contributed by atoms with van der Waals surface area (Å²) in [6.45, 7) is 5.43. The van der Waals surface area contributed by atoms with Crippen LogP contribution in [0.5, 0.6) is 0 Å². The van der Waals surface area contributed by atoms with Gasteiger partial charge in [0.05, 0.1) is 13.0 Å². The molecule has 0 radical (unpaired) electrons. The molecule has 2 aliphatic rings. The summed E-state index contributed by atoms with van der Waals surface area (Å²) in [5.41, 5.74) is 2.93. The first-order valence-electron chi connectivity index (χ1n) is 15.5. The molecule has 0 heterocycles. The van der Waals surface area contributed by atoms with E-state index in [1.165, 1.54) is 50.2 Å². The zero-order chi connectivity index (χ0) is 28.4. The van der Waals surface area contributed by atoms with Gasteiger partial charge in [0, 0.05) is 5.56 Å². The summed E-state index contributed by atoms with van der Waals surface area (Å²) in [7, 11) is 0. The molecular formula is C36H47F3O. The number of alkyl halides is 2. The Morgan fingerprint density at radius 2 is 1.40 bits per heavy atom. The fourth-order valence-electron chi connectivity index (χ4n) is 6.74. The highest BCUT2D eigenvalue weighted by Crippen LogP contribution is 2.39. The second-order valence-electron chi connectivity index (χ2n) is 12.1. The fraction of sp³-hybridized carbons (Fsp3) is 0.556. The van der Waals surface area contributed by atoms with Crippen molar-refractivity contribution in [3.8, 4) is 0 Å². The van der Waals surface area contributed by atoms with E-state index in [0.29, 0.717) is 17.4 Å². The van der Waals surface area contributed by atoms with Crippen molar-refractivity contribution in [2.45, 2.75) is 115 Å². The topological polar surface area (TPSA) is 9.23 Å². The zero-order valence-corrected chi connectivity index (χ0v) is 24.2. The molecule has 1 nitrogen and oxygen atoms in total. The molecule has 0 aromatic heterocycles. The van der Waals surface area contributed by atoms with E-state index in [0.717, 1.165) is 55.9 Å². The smallest absolute Gasteiger partial charge is 0.315 e. The van der Waals surface area contributed by atoms with E-state index >= 15 is 0 Å². The maximum Gasteiger partial charge on any atom is 0.360 e. The molecule has 0 aliphatic heterocycles. The van der Waals surface area contributed by atoms with Crippen LogP contribution in [0.25, 0.3) is 0 Å². The van der Waals surface area contributed by atoms with Crippen LogP contribution in [0, 0.1) is 17.7 Å². The van der Waals surface area contributed by atoms with Gasteiger partial charge in [0.2, 0.25) is 0 Å². The molecule has 4 heteroatoms. The van der Waals surface area contributed by atoms with Crippen molar-refractivity contribution in [2.24, 2.45) is 11.8 Å². The second kappa shape index (κ2) is 15.1. The Kier molecular flexibility index (Phi) is 11.5.